The second-order valence-corrected chi connectivity index (χ2v) is 6.83. The molecular weight excluding hydrogens is 342 g/mol. The molecule has 1 aromatic carbocycles. The van der Waals surface area contributed by atoms with Crippen molar-refractivity contribution in [2.45, 2.75) is 19.9 Å². The molecule has 0 fully saturated rings. The average molecular weight is 378 g/mol. The van der Waals surface area contributed by atoms with Gasteiger partial charge in [0.15, 0.2) is 5.96 Å². The van der Waals surface area contributed by atoms with Gasteiger partial charge in [0.05, 0.1) is 0 Å². The van der Waals surface area contributed by atoms with Crippen molar-refractivity contribution in [2.75, 3.05) is 66.4 Å². The maximum atomic E-state index is 11.9. The normalized spacial score (nSPS) is 11.3. The monoisotopic (exact) mass is 377 g/mol. The summed E-state index contributed by atoms with van der Waals surface area (Å²) in [5.74, 6) is 0.698. The molecule has 0 radical (unpaired) electrons. The maximum Gasteiger partial charge on any atom is 0.243 e. The van der Waals surface area contributed by atoms with Crippen LogP contribution in [-0.2, 0) is 16.1 Å². The fourth-order valence-corrected chi connectivity index (χ4v) is 2.40. The van der Waals surface area contributed by atoms with Crippen LogP contribution >= 0.6 is 0 Å². The van der Waals surface area contributed by atoms with Crippen LogP contribution in [0.1, 0.15) is 18.9 Å². The van der Waals surface area contributed by atoms with Gasteiger partial charge in [-0.15, -0.1) is 0 Å². The van der Waals surface area contributed by atoms with Crippen molar-refractivity contribution >= 4 is 17.6 Å². The van der Waals surface area contributed by atoms with E-state index in [0.29, 0.717) is 13.2 Å². The third kappa shape index (κ3) is 8.77. The minimum atomic E-state index is -0.0216. The summed E-state index contributed by atoms with van der Waals surface area (Å²) in [7, 11) is 9.52. The van der Waals surface area contributed by atoms with Crippen molar-refractivity contribution in [2.24, 2.45) is 4.99 Å². The highest BCUT2D eigenvalue weighted by atomic mass is 16.5. The van der Waals surface area contributed by atoms with Crippen molar-refractivity contribution < 1.29 is 9.53 Å². The van der Waals surface area contributed by atoms with Crippen molar-refractivity contribution in [3.05, 3.63) is 29.8 Å². The molecule has 0 heterocycles. The molecule has 0 aromatic heterocycles. The molecule has 0 unspecified atom stereocenters. The summed E-state index contributed by atoms with van der Waals surface area (Å²) >= 11 is 0. The van der Waals surface area contributed by atoms with E-state index < -0.39 is 0 Å². The van der Waals surface area contributed by atoms with Crippen LogP contribution in [0.2, 0.25) is 0 Å². The standard InChI is InChI=1S/C20H35N5O2/c1-7-27-13-9-12-21-20(22-15-19(26)24(4)5)25(6)16-17-10-8-11-18(14-17)23(2)3/h8,10-11,14H,7,9,12-13,15-16H2,1-6H3,(H,21,22). The molecule has 27 heavy (non-hydrogen) atoms. The Morgan fingerprint density at radius 1 is 1.19 bits per heavy atom. The van der Waals surface area contributed by atoms with E-state index in [1.807, 2.05) is 33.0 Å². The minimum Gasteiger partial charge on any atom is -0.382 e. The molecule has 0 saturated heterocycles. The van der Waals surface area contributed by atoms with E-state index in [-0.39, 0.29) is 12.5 Å². The predicted octanol–water partition coefficient (Wildman–Crippen LogP) is 1.64. The fourth-order valence-electron chi connectivity index (χ4n) is 2.40. The Morgan fingerprint density at radius 2 is 1.93 bits per heavy atom. The lowest BCUT2D eigenvalue weighted by atomic mass is 10.2. The molecule has 0 saturated carbocycles. The number of anilines is 1. The number of amides is 1. The summed E-state index contributed by atoms with van der Waals surface area (Å²) in [6.45, 7) is 5.00. The first kappa shape index (κ1) is 22.8. The number of carbonyl (C=O) groups is 1. The summed E-state index contributed by atoms with van der Waals surface area (Å²) in [6, 6.07) is 8.40. The van der Waals surface area contributed by atoms with Gasteiger partial charge in [-0.1, -0.05) is 12.1 Å². The summed E-state index contributed by atoms with van der Waals surface area (Å²) in [6.07, 6.45) is 0.887. The smallest absolute Gasteiger partial charge is 0.243 e. The van der Waals surface area contributed by atoms with Gasteiger partial charge in [0.1, 0.15) is 6.54 Å². The molecule has 0 bridgehead atoms. The molecule has 7 heteroatoms. The largest absolute Gasteiger partial charge is 0.382 e. The Kier molecular flexibility index (Phi) is 10.3. The lowest BCUT2D eigenvalue weighted by molar-refractivity contribution is -0.127. The number of rotatable bonds is 10. The van der Waals surface area contributed by atoms with E-state index in [9.17, 15) is 4.79 Å². The third-order valence-electron chi connectivity index (χ3n) is 4.02. The zero-order chi connectivity index (χ0) is 20.2. The van der Waals surface area contributed by atoms with E-state index in [0.717, 1.165) is 31.2 Å². The Labute approximate surface area is 164 Å². The molecule has 1 rings (SSSR count). The van der Waals surface area contributed by atoms with Crippen LogP contribution in [0, 0.1) is 0 Å². The Balaban J connectivity index is 2.78. The average Bonchev–Trinajstić information content (AvgIpc) is 2.63. The lowest BCUT2D eigenvalue weighted by Crippen LogP contribution is -2.40. The highest BCUT2D eigenvalue weighted by Crippen LogP contribution is 2.14. The highest BCUT2D eigenvalue weighted by molar-refractivity contribution is 5.84. The molecule has 152 valence electrons. The lowest BCUT2D eigenvalue weighted by Gasteiger charge is -2.23. The van der Waals surface area contributed by atoms with Crippen LogP contribution in [0.3, 0.4) is 0 Å². The number of hydrogen-bond donors (Lipinski definition) is 1. The summed E-state index contributed by atoms with van der Waals surface area (Å²) in [5.41, 5.74) is 2.35. The molecular formula is C20H35N5O2. The zero-order valence-corrected chi connectivity index (χ0v) is 17.7. The molecule has 0 spiro atoms. The maximum absolute atomic E-state index is 11.9. The van der Waals surface area contributed by atoms with Crippen LogP contribution < -0.4 is 10.2 Å². The number of aliphatic imine (C=N–C) groups is 1. The van der Waals surface area contributed by atoms with Gasteiger partial charge < -0.3 is 24.8 Å². The van der Waals surface area contributed by atoms with E-state index >= 15 is 0 Å². The van der Waals surface area contributed by atoms with Gasteiger partial charge in [0.2, 0.25) is 5.91 Å². The number of hydrogen-bond acceptors (Lipinski definition) is 4. The number of ether oxygens (including phenoxy) is 1. The third-order valence-corrected chi connectivity index (χ3v) is 4.02. The van der Waals surface area contributed by atoms with Gasteiger partial charge >= 0.3 is 0 Å². The van der Waals surface area contributed by atoms with Gasteiger partial charge in [-0.05, 0) is 31.0 Å². The zero-order valence-electron chi connectivity index (χ0n) is 17.7. The van der Waals surface area contributed by atoms with Crippen LogP contribution in [0.4, 0.5) is 5.69 Å². The van der Waals surface area contributed by atoms with Gasteiger partial charge in [0.25, 0.3) is 0 Å². The second kappa shape index (κ2) is 12.2. The van der Waals surface area contributed by atoms with Crippen molar-refractivity contribution in [3.63, 3.8) is 0 Å². The fraction of sp³-hybridized carbons (Fsp3) is 0.600. The molecule has 1 aromatic rings. The summed E-state index contributed by atoms with van der Waals surface area (Å²) < 4.78 is 5.38. The molecule has 0 aliphatic rings. The van der Waals surface area contributed by atoms with E-state index in [1.54, 1.807) is 19.0 Å². The molecule has 0 aliphatic carbocycles. The number of likely N-dealkylation sites (N-methyl/N-ethyl adjacent to an activating group) is 1. The molecule has 0 aliphatic heterocycles. The van der Waals surface area contributed by atoms with Gasteiger partial charge in [0, 0.05) is 67.2 Å². The SMILES string of the molecule is CCOCCCNC(=NCC(=O)N(C)C)N(C)Cc1cccc(N(C)C)c1. The molecule has 7 nitrogen and oxygen atoms in total. The highest BCUT2D eigenvalue weighted by Gasteiger charge is 2.10. The number of nitrogens with zero attached hydrogens (tertiary/aromatic N) is 4. The van der Waals surface area contributed by atoms with Crippen molar-refractivity contribution in [1.82, 2.24) is 15.1 Å². The number of nitrogens with one attached hydrogen (secondary N) is 1. The number of carbonyl (C=O) groups excluding carboxylic acids is 1. The number of benzene rings is 1. The van der Waals surface area contributed by atoms with E-state index in [4.69, 9.17) is 4.74 Å². The first-order chi connectivity index (χ1) is 12.8. The van der Waals surface area contributed by atoms with Crippen molar-refractivity contribution in [1.29, 1.82) is 0 Å². The topological polar surface area (TPSA) is 60.4 Å². The van der Waals surface area contributed by atoms with E-state index in [1.165, 1.54) is 5.56 Å². The van der Waals surface area contributed by atoms with E-state index in [2.05, 4.69) is 39.5 Å². The van der Waals surface area contributed by atoms with Gasteiger partial charge in [-0.25, -0.2) is 4.99 Å². The Morgan fingerprint density at radius 3 is 2.56 bits per heavy atom. The first-order valence-corrected chi connectivity index (χ1v) is 9.38. The van der Waals surface area contributed by atoms with Crippen LogP contribution in [0.25, 0.3) is 0 Å². The molecule has 1 amide bonds. The van der Waals surface area contributed by atoms with Crippen LogP contribution in [-0.4, -0.2) is 83.2 Å². The Bertz CT molecular complexity index is 602. The van der Waals surface area contributed by atoms with Gasteiger partial charge in [-0.3, -0.25) is 4.79 Å². The molecule has 0 atom stereocenters. The second-order valence-electron chi connectivity index (χ2n) is 6.83. The van der Waals surface area contributed by atoms with Crippen LogP contribution in [0.15, 0.2) is 29.3 Å². The number of guanidine groups is 1. The predicted molar refractivity (Wildman–Crippen MR) is 112 cm³/mol. The molecule has 1 N–H and O–H groups in total. The first-order valence-electron chi connectivity index (χ1n) is 9.38. The van der Waals surface area contributed by atoms with Crippen LogP contribution in [0.5, 0.6) is 0 Å². The summed E-state index contributed by atoms with van der Waals surface area (Å²) in [4.78, 5) is 22.1. The minimum absolute atomic E-state index is 0.0216. The summed E-state index contributed by atoms with van der Waals surface area (Å²) in [5, 5.41) is 3.35. The van der Waals surface area contributed by atoms with Crippen molar-refractivity contribution in [3.8, 4) is 0 Å². The van der Waals surface area contributed by atoms with Gasteiger partial charge in [-0.2, -0.15) is 0 Å². The Hall–Kier alpha value is -2.28. The quantitative estimate of drug-likeness (QED) is 0.382.